The molecule has 2 aliphatic heterocycles. The van der Waals surface area contributed by atoms with Crippen LogP contribution in [0.25, 0.3) is 0 Å². The highest BCUT2D eigenvalue weighted by molar-refractivity contribution is 8.25. The van der Waals surface area contributed by atoms with E-state index in [9.17, 15) is 5.26 Å². The molecule has 0 radical (unpaired) electrons. The second-order valence-corrected chi connectivity index (χ2v) is 8.42. The first-order valence-corrected chi connectivity index (χ1v) is 10.2. The molecule has 23 heavy (non-hydrogen) atoms. The van der Waals surface area contributed by atoms with Crippen molar-refractivity contribution in [3.63, 3.8) is 0 Å². The monoisotopic (exact) mass is 387 g/mol. The second kappa shape index (κ2) is 9.08. The van der Waals surface area contributed by atoms with E-state index >= 15 is 0 Å². The van der Waals surface area contributed by atoms with E-state index in [1.165, 1.54) is 0 Å². The van der Waals surface area contributed by atoms with Crippen LogP contribution in [0.15, 0.2) is 37.7 Å². The van der Waals surface area contributed by atoms with Crippen LogP contribution in [-0.4, -0.2) is 40.7 Å². The van der Waals surface area contributed by atoms with E-state index < -0.39 is 0 Å². The second-order valence-electron chi connectivity index (χ2n) is 5.21. The van der Waals surface area contributed by atoms with Gasteiger partial charge in [0.15, 0.2) is 0 Å². The molecule has 1 saturated heterocycles. The normalized spacial score (nSPS) is 27.5. The maximum absolute atomic E-state index is 9.55. The molecular formula is C16H19Cl2N3S2. The fourth-order valence-corrected chi connectivity index (χ4v) is 5.91. The third kappa shape index (κ3) is 4.73. The zero-order chi connectivity index (χ0) is 16.8. The van der Waals surface area contributed by atoms with Crippen molar-refractivity contribution in [1.29, 1.82) is 5.26 Å². The van der Waals surface area contributed by atoms with Gasteiger partial charge in [-0.15, -0.1) is 35.1 Å². The molecule has 0 bridgehead atoms. The van der Waals surface area contributed by atoms with Crippen molar-refractivity contribution >= 4 is 53.1 Å². The van der Waals surface area contributed by atoms with Crippen molar-refractivity contribution in [2.75, 3.05) is 18.2 Å². The number of nitrogens with zero attached hydrogens (tertiary/aromatic N) is 3. The molecule has 0 amide bonds. The molecule has 0 aromatic rings. The van der Waals surface area contributed by atoms with Gasteiger partial charge in [-0.1, -0.05) is 30.7 Å². The lowest BCUT2D eigenvalue weighted by molar-refractivity contribution is 0.543. The highest BCUT2D eigenvalue weighted by Gasteiger charge is 2.30. The summed E-state index contributed by atoms with van der Waals surface area (Å²) in [6.07, 6.45) is 6.67. The maximum atomic E-state index is 9.55. The predicted molar refractivity (Wildman–Crippen MR) is 104 cm³/mol. The third-order valence-electron chi connectivity index (χ3n) is 3.43. The fraction of sp³-hybridized carbons (Fsp3) is 0.500. The van der Waals surface area contributed by atoms with E-state index in [4.69, 9.17) is 23.2 Å². The Labute approximate surface area is 156 Å². The van der Waals surface area contributed by atoms with Gasteiger partial charge in [-0.2, -0.15) is 5.26 Å². The summed E-state index contributed by atoms with van der Waals surface area (Å²) in [7, 11) is 0. The van der Waals surface area contributed by atoms with Crippen molar-refractivity contribution in [2.24, 2.45) is 4.99 Å². The molecule has 124 valence electrons. The van der Waals surface area contributed by atoms with E-state index in [0.29, 0.717) is 11.6 Å². The van der Waals surface area contributed by atoms with E-state index in [1.807, 2.05) is 17.9 Å². The van der Waals surface area contributed by atoms with Gasteiger partial charge in [0.25, 0.3) is 0 Å². The topological polar surface area (TPSA) is 39.4 Å². The zero-order valence-electron chi connectivity index (χ0n) is 13.1. The lowest BCUT2D eigenvalue weighted by Gasteiger charge is -2.16. The Morgan fingerprint density at radius 2 is 2.35 bits per heavy atom. The minimum Gasteiger partial charge on any atom is -0.321 e. The van der Waals surface area contributed by atoms with Crippen LogP contribution in [0.1, 0.15) is 20.3 Å². The van der Waals surface area contributed by atoms with Crippen molar-refractivity contribution in [3.8, 4) is 6.07 Å². The predicted octanol–water partition coefficient (Wildman–Crippen LogP) is 4.96. The van der Waals surface area contributed by atoms with Gasteiger partial charge in [-0.05, 0) is 18.9 Å². The average molecular weight is 388 g/mol. The van der Waals surface area contributed by atoms with Crippen LogP contribution in [0, 0.1) is 11.3 Å². The number of allylic oxidation sites excluding steroid dienone is 4. The van der Waals surface area contributed by atoms with Crippen LogP contribution in [0.4, 0.5) is 0 Å². The molecule has 2 heterocycles. The number of thioether (sulfide) groups is 2. The Morgan fingerprint density at radius 1 is 1.57 bits per heavy atom. The Hall–Kier alpha value is -0.540. The molecule has 3 nitrogen and oxygen atoms in total. The van der Waals surface area contributed by atoms with Crippen LogP contribution in [-0.2, 0) is 0 Å². The minimum absolute atomic E-state index is 0.239. The molecule has 0 aromatic heterocycles. The number of nitriles is 1. The third-order valence-corrected chi connectivity index (χ3v) is 6.87. The number of halogens is 2. The van der Waals surface area contributed by atoms with Gasteiger partial charge in [0.2, 0.25) is 0 Å². The van der Waals surface area contributed by atoms with Crippen molar-refractivity contribution in [2.45, 2.75) is 31.6 Å². The van der Waals surface area contributed by atoms with E-state index in [2.05, 4.69) is 24.1 Å². The molecular weight excluding hydrogens is 369 g/mol. The molecule has 0 aromatic carbocycles. The summed E-state index contributed by atoms with van der Waals surface area (Å²) >= 11 is 15.6. The maximum Gasteiger partial charge on any atom is 0.141 e. The summed E-state index contributed by atoms with van der Waals surface area (Å²) in [5, 5.41) is 10.5. The van der Waals surface area contributed by atoms with Crippen molar-refractivity contribution in [1.82, 2.24) is 4.90 Å². The molecule has 0 spiro atoms. The molecule has 2 atom stereocenters. The number of aliphatic imine (C=N–C) groups is 1. The minimum atomic E-state index is 0.239. The van der Waals surface area contributed by atoms with Gasteiger partial charge >= 0.3 is 0 Å². The molecule has 1 fully saturated rings. The van der Waals surface area contributed by atoms with Crippen molar-refractivity contribution in [3.05, 3.63) is 32.7 Å². The Morgan fingerprint density at radius 3 is 2.91 bits per heavy atom. The summed E-state index contributed by atoms with van der Waals surface area (Å²) in [6, 6.07) is 2.58. The summed E-state index contributed by atoms with van der Waals surface area (Å²) < 4.78 is 1.05. The van der Waals surface area contributed by atoms with Gasteiger partial charge in [-0.3, -0.25) is 4.99 Å². The van der Waals surface area contributed by atoms with Gasteiger partial charge in [-0.25, -0.2) is 0 Å². The Balaban J connectivity index is 2.20. The smallest absolute Gasteiger partial charge is 0.141 e. The van der Waals surface area contributed by atoms with E-state index in [0.717, 1.165) is 33.6 Å². The number of rotatable bonds is 5. The molecule has 2 unspecified atom stereocenters. The highest BCUT2D eigenvalue weighted by atomic mass is 35.5. The summed E-state index contributed by atoms with van der Waals surface area (Å²) in [5.74, 6) is 1.31. The molecule has 0 N–H and O–H groups in total. The Kier molecular flexibility index (Phi) is 7.42. The summed E-state index contributed by atoms with van der Waals surface area (Å²) in [4.78, 5) is 6.28. The molecule has 0 aliphatic carbocycles. The Bertz CT molecular complexity index is 605. The summed E-state index contributed by atoms with van der Waals surface area (Å²) in [5.41, 5.74) is 1.81. The largest absolute Gasteiger partial charge is 0.321 e. The first-order chi connectivity index (χ1) is 11.1. The standard InChI is InChI=1S/C16H19Cl2N3S2/c1-3-4-12(13(18)5-6-17)15-9-22-16(23-15)14(7-19)21-8-11(2)20-10-21/h4-5,10-11,15H,3,6,8-9H2,1-2H3. The highest BCUT2D eigenvalue weighted by Crippen LogP contribution is 2.48. The molecule has 2 rings (SSSR count). The van der Waals surface area contributed by atoms with E-state index in [-0.39, 0.29) is 11.3 Å². The van der Waals surface area contributed by atoms with Gasteiger partial charge in [0.1, 0.15) is 11.8 Å². The molecule has 2 aliphatic rings. The zero-order valence-corrected chi connectivity index (χ0v) is 16.3. The average Bonchev–Trinajstić information content (AvgIpc) is 3.16. The lowest BCUT2D eigenvalue weighted by Crippen LogP contribution is -2.21. The van der Waals surface area contributed by atoms with Crippen LogP contribution in [0.5, 0.6) is 0 Å². The summed E-state index contributed by atoms with van der Waals surface area (Å²) in [6.45, 7) is 4.91. The fourth-order valence-electron chi connectivity index (χ4n) is 2.36. The van der Waals surface area contributed by atoms with Crippen molar-refractivity contribution < 1.29 is 0 Å². The SMILES string of the molecule is CCC=C(C(Cl)=CCCl)C1CSC(=C(C#N)N2C=NC(C)C2)S1. The van der Waals surface area contributed by atoms with Gasteiger partial charge in [0.05, 0.1) is 16.6 Å². The quantitative estimate of drug-likeness (QED) is 0.379. The first kappa shape index (κ1) is 18.8. The number of hydrogen-bond acceptors (Lipinski definition) is 5. The van der Waals surface area contributed by atoms with Gasteiger partial charge in [0, 0.05) is 28.5 Å². The number of alkyl halides is 1. The first-order valence-electron chi connectivity index (χ1n) is 7.46. The van der Waals surface area contributed by atoms with Crippen LogP contribution in [0.2, 0.25) is 0 Å². The molecule has 0 saturated carbocycles. The van der Waals surface area contributed by atoms with Crippen LogP contribution < -0.4 is 0 Å². The lowest BCUT2D eigenvalue weighted by atomic mass is 10.1. The van der Waals surface area contributed by atoms with Crippen LogP contribution >= 0.6 is 46.7 Å². The number of hydrogen-bond donors (Lipinski definition) is 0. The van der Waals surface area contributed by atoms with Gasteiger partial charge < -0.3 is 4.90 Å². The molecule has 7 heteroatoms. The van der Waals surface area contributed by atoms with Crippen LogP contribution in [0.3, 0.4) is 0 Å². The van der Waals surface area contributed by atoms with E-state index in [1.54, 1.807) is 29.9 Å².